The highest BCUT2D eigenvalue weighted by molar-refractivity contribution is 6.03. The number of aromatic nitrogens is 5. The van der Waals surface area contributed by atoms with Crippen LogP contribution in [-0.4, -0.2) is 49.1 Å². The lowest BCUT2D eigenvalue weighted by atomic mass is 9.86. The number of para-hydroxylation sites is 1. The molecule has 0 saturated carbocycles. The Balaban J connectivity index is 1.24. The van der Waals surface area contributed by atoms with Crippen LogP contribution in [0.5, 0.6) is 0 Å². The highest BCUT2D eigenvalue weighted by atomic mass is 16.2. The fourth-order valence-electron chi connectivity index (χ4n) is 6.09. The molecule has 37 heavy (non-hydrogen) atoms. The molecule has 2 saturated heterocycles. The molecular weight excluding hydrogens is 462 g/mol. The predicted octanol–water partition coefficient (Wildman–Crippen LogP) is 4.53. The largest absolute Gasteiger partial charge is 0.356 e. The first-order valence-corrected chi connectivity index (χ1v) is 12.9. The van der Waals surface area contributed by atoms with E-state index in [1.807, 2.05) is 34.7 Å². The van der Waals surface area contributed by atoms with Gasteiger partial charge >= 0.3 is 0 Å². The van der Waals surface area contributed by atoms with Crippen LogP contribution >= 0.6 is 0 Å². The maximum atomic E-state index is 11.8. The number of hydrogen-bond donors (Lipinski definition) is 1. The van der Waals surface area contributed by atoms with E-state index in [0.717, 1.165) is 76.9 Å². The van der Waals surface area contributed by atoms with Crippen molar-refractivity contribution >= 4 is 33.5 Å². The summed E-state index contributed by atoms with van der Waals surface area (Å²) in [5.41, 5.74) is 6.16. The van der Waals surface area contributed by atoms with Crippen LogP contribution in [0.4, 0.5) is 5.82 Å². The third-order valence-electron chi connectivity index (χ3n) is 8.08. The van der Waals surface area contributed by atoms with E-state index in [4.69, 9.17) is 10.1 Å². The fourth-order valence-corrected chi connectivity index (χ4v) is 6.09. The Morgan fingerprint density at radius 3 is 2.54 bits per heavy atom. The number of fused-ring (bicyclic) bond motifs is 2. The molecule has 5 heterocycles. The van der Waals surface area contributed by atoms with Crippen LogP contribution in [0.25, 0.3) is 38.8 Å². The summed E-state index contributed by atoms with van der Waals surface area (Å²) in [6.07, 6.45) is 7.52. The minimum absolute atomic E-state index is 0.00738. The number of anilines is 1. The average Bonchev–Trinajstić information content (AvgIpc) is 3.59. The van der Waals surface area contributed by atoms with Crippen molar-refractivity contribution in [3.05, 3.63) is 66.5 Å². The highest BCUT2D eigenvalue weighted by Crippen LogP contribution is 2.36. The van der Waals surface area contributed by atoms with Crippen LogP contribution in [0.3, 0.4) is 0 Å². The molecule has 1 spiro atoms. The van der Waals surface area contributed by atoms with Gasteiger partial charge in [-0.2, -0.15) is 10.2 Å². The summed E-state index contributed by atoms with van der Waals surface area (Å²) in [5.74, 6) is 1.16. The molecule has 8 nitrogen and oxygen atoms in total. The summed E-state index contributed by atoms with van der Waals surface area (Å²) in [6.45, 7) is 3.92. The molecule has 0 radical (unpaired) electrons. The van der Waals surface area contributed by atoms with Crippen molar-refractivity contribution in [2.45, 2.75) is 38.1 Å². The van der Waals surface area contributed by atoms with Crippen molar-refractivity contribution in [3.8, 4) is 16.9 Å². The monoisotopic (exact) mass is 491 g/mol. The van der Waals surface area contributed by atoms with Gasteiger partial charge in [0.1, 0.15) is 11.5 Å². The first-order chi connectivity index (χ1) is 18.0. The van der Waals surface area contributed by atoms with Gasteiger partial charge in [0, 0.05) is 54.6 Å². The lowest BCUT2D eigenvalue weighted by Crippen LogP contribution is -2.51. The molecule has 2 aromatic carbocycles. The van der Waals surface area contributed by atoms with Crippen LogP contribution in [0, 0.1) is 6.92 Å². The van der Waals surface area contributed by atoms with Gasteiger partial charge in [-0.3, -0.25) is 9.48 Å². The Morgan fingerprint density at radius 1 is 0.946 bits per heavy atom. The summed E-state index contributed by atoms with van der Waals surface area (Å²) < 4.78 is 3.87. The van der Waals surface area contributed by atoms with Crippen molar-refractivity contribution in [1.82, 2.24) is 29.9 Å². The van der Waals surface area contributed by atoms with Gasteiger partial charge in [0.05, 0.1) is 22.9 Å². The topological polar surface area (TPSA) is 80.9 Å². The molecule has 2 fully saturated rings. The number of pyridine rings is 1. The van der Waals surface area contributed by atoms with Crippen molar-refractivity contribution in [3.63, 3.8) is 0 Å². The second kappa shape index (κ2) is 8.16. The lowest BCUT2D eigenvalue weighted by Gasteiger charge is -2.39. The molecule has 0 unspecified atom stereocenters. The van der Waals surface area contributed by atoms with Gasteiger partial charge in [0.25, 0.3) is 0 Å². The first-order valence-electron chi connectivity index (χ1n) is 12.9. The quantitative estimate of drug-likeness (QED) is 0.401. The maximum absolute atomic E-state index is 11.8. The standard InChI is InChI=1S/C29H29N7O/c1-19-5-3-7-22-27(21-6-4-8-24-23(21)18-34(2)32-24)33-36(28(19)22)20-9-10-25(30-17-20)35-15-13-29(14-16-35)12-11-26(37)31-29/h3-10,17-18H,11-16H2,1-2H3,(H,31,37). The van der Waals surface area contributed by atoms with Gasteiger partial charge in [0.2, 0.25) is 5.91 Å². The molecule has 7 rings (SSSR count). The summed E-state index contributed by atoms with van der Waals surface area (Å²) in [7, 11) is 1.95. The van der Waals surface area contributed by atoms with Gasteiger partial charge < -0.3 is 10.2 Å². The van der Waals surface area contributed by atoms with Crippen LogP contribution < -0.4 is 10.2 Å². The van der Waals surface area contributed by atoms with Crippen LogP contribution in [0.15, 0.2) is 60.9 Å². The van der Waals surface area contributed by atoms with Gasteiger partial charge in [-0.1, -0.05) is 30.3 Å². The van der Waals surface area contributed by atoms with E-state index in [-0.39, 0.29) is 11.4 Å². The molecule has 1 N–H and O–H groups in total. The van der Waals surface area contributed by atoms with Crippen LogP contribution in [-0.2, 0) is 11.8 Å². The number of carbonyl (C=O) groups is 1. The first kappa shape index (κ1) is 22.0. The van der Waals surface area contributed by atoms with Gasteiger partial charge in [-0.05, 0) is 49.9 Å². The van der Waals surface area contributed by atoms with Crippen LogP contribution in [0.2, 0.25) is 0 Å². The summed E-state index contributed by atoms with van der Waals surface area (Å²) in [6, 6.07) is 16.8. The Morgan fingerprint density at radius 2 is 1.78 bits per heavy atom. The summed E-state index contributed by atoms with van der Waals surface area (Å²) in [5, 5.41) is 15.1. The van der Waals surface area contributed by atoms with Crippen LogP contribution in [0.1, 0.15) is 31.2 Å². The van der Waals surface area contributed by atoms with Crippen molar-refractivity contribution < 1.29 is 4.79 Å². The molecule has 1 amide bonds. The second-order valence-electron chi connectivity index (χ2n) is 10.5. The van der Waals surface area contributed by atoms with Gasteiger partial charge in [-0.25, -0.2) is 9.67 Å². The number of nitrogens with one attached hydrogen (secondary N) is 1. The molecule has 0 aliphatic carbocycles. The third kappa shape index (κ3) is 3.58. The zero-order chi connectivity index (χ0) is 25.1. The molecule has 5 aromatic rings. The molecule has 2 aliphatic rings. The zero-order valence-electron chi connectivity index (χ0n) is 21.1. The molecule has 3 aromatic heterocycles. The molecule has 0 atom stereocenters. The molecule has 0 bridgehead atoms. The van der Waals surface area contributed by atoms with Crippen molar-refractivity contribution in [1.29, 1.82) is 0 Å². The Hall–Kier alpha value is -4.20. The van der Waals surface area contributed by atoms with E-state index in [1.54, 1.807) is 0 Å². The Kier molecular flexibility index (Phi) is 4.86. The Bertz CT molecular complexity index is 1660. The predicted molar refractivity (Wildman–Crippen MR) is 145 cm³/mol. The highest BCUT2D eigenvalue weighted by Gasteiger charge is 2.40. The minimum atomic E-state index is -0.00738. The van der Waals surface area contributed by atoms with Gasteiger partial charge in [0.15, 0.2) is 0 Å². The van der Waals surface area contributed by atoms with E-state index in [9.17, 15) is 4.79 Å². The number of carbonyl (C=O) groups excluding carboxylic acids is 1. The molecular formula is C29H29N7O. The smallest absolute Gasteiger partial charge is 0.220 e. The molecule has 2 aliphatic heterocycles. The number of hydrogen-bond acceptors (Lipinski definition) is 5. The third-order valence-corrected chi connectivity index (χ3v) is 8.08. The number of nitrogens with zero attached hydrogens (tertiary/aromatic N) is 6. The van der Waals surface area contributed by atoms with E-state index >= 15 is 0 Å². The van der Waals surface area contributed by atoms with E-state index in [0.29, 0.717) is 6.42 Å². The van der Waals surface area contributed by atoms with E-state index in [1.165, 1.54) is 5.56 Å². The molecule has 8 heteroatoms. The van der Waals surface area contributed by atoms with Gasteiger partial charge in [-0.15, -0.1) is 0 Å². The fraction of sp³-hybridized carbons (Fsp3) is 0.310. The number of piperidine rings is 1. The zero-order valence-corrected chi connectivity index (χ0v) is 21.1. The summed E-state index contributed by atoms with van der Waals surface area (Å²) >= 11 is 0. The average molecular weight is 492 g/mol. The maximum Gasteiger partial charge on any atom is 0.220 e. The number of rotatable bonds is 3. The van der Waals surface area contributed by atoms with Crippen molar-refractivity contribution in [2.75, 3.05) is 18.0 Å². The SMILES string of the molecule is Cc1cccc2c(-c3cccc4nn(C)cc34)nn(-c3ccc(N4CCC5(CCC(=O)N5)CC4)nc3)c12. The second-order valence-corrected chi connectivity index (χ2v) is 10.5. The normalized spacial score (nSPS) is 17.2. The summed E-state index contributed by atoms with van der Waals surface area (Å²) in [4.78, 5) is 18.9. The van der Waals surface area contributed by atoms with E-state index in [2.05, 4.69) is 64.8 Å². The minimum Gasteiger partial charge on any atom is -0.356 e. The lowest BCUT2D eigenvalue weighted by molar-refractivity contribution is -0.119. The number of aryl methyl sites for hydroxylation is 2. The number of benzene rings is 2. The number of amides is 1. The van der Waals surface area contributed by atoms with E-state index < -0.39 is 0 Å². The van der Waals surface area contributed by atoms with Crippen molar-refractivity contribution in [2.24, 2.45) is 7.05 Å². The molecule has 186 valence electrons. The Labute approximate surface area is 214 Å².